The van der Waals surface area contributed by atoms with Gasteiger partial charge < -0.3 is 37.9 Å². The Hall–Kier alpha value is -4.24. The van der Waals surface area contributed by atoms with Crippen LogP contribution in [0.4, 0.5) is 0 Å². The molecule has 0 aromatic heterocycles. The van der Waals surface area contributed by atoms with Crippen LogP contribution < -0.4 is 0 Å². The molecular weight excluding hydrogens is 808 g/mol. The van der Waals surface area contributed by atoms with Gasteiger partial charge in [0, 0.05) is 54.4 Å². The standard InChI is InChI=1S/C27H48O8.C19H32O8/c1-5-6-7-8-9-11-14-17-25(34-23(3)29)18-15-12-10-13-16-19-27(31)33-21-26(35-24(4)30)20-32-22(2)28;1-14(26-17(4)22)10-8-6-5-7-9-11-19(23)27-18(12-24-15(2)20)13-25-16(3)21/h25-26H,5-21H2,1-4H3;14,18H,5-13H2,1-4H3. The number of ether oxygens (including phenoxy) is 8. The number of carbonyl (C=O) groups is 8. The van der Waals surface area contributed by atoms with Crippen molar-refractivity contribution >= 4 is 47.8 Å². The summed E-state index contributed by atoms with van der Waals surface area (Å²) in [4.78, 5) is 89.8. The first kappa shape index (κ1) is 59.9. The molecule has 0 rings (SSSR count). The molecule has 0 aromatic carbocycles. The van der Waals surface area contributed by atoms with Crippen molar-refractivity contribution < 1.29 is 76.3 Å². The van der Waals surface area contributed by atoms with Crippen LogP contribution in [0.25, 0.3) is 0 Å². The van der Waals surface area contributed by atoms with E-state index in [0.29, 0.717) is 12.8 Å². The number of unbranched alkanes of at least 4 members (excludes halogenated alkanes) is 14. The molecule has 3 atom stereocenters. The maximum atomic E-state index is 11.9. The van der Waals surface area contributed by atoms with E-state index in [1.165, 1.54) is 80.1 Å². The van der Waals surface area contributed by atoms with Crippen molar-refractivity contribution in [2.75, 3.05) is 26.4 Å². The first-order chi connectivity index (χ1) is 29.4. The molecule has 0 spiro atoms. The van der Waals surface area contributed by atoms with Gasteiger partial charge in [0.15, 0.2) is 12.2 Å². The van der Waals surface area contributed by atoms with Crippen LogP contribution in [-0.2, 0) is 76.3 Å². The molecular formula is C46H80O16. The SMILES string of the molecule is CC(=O)OCC(COC(C)=O)OC(=O)CCCCCCCC(C)OC(C)=O.CCCCCCCCCC(CCCCCCCC(=O)OCC(COC(C)=O)OC(C)=O)OC(C)=O. The first-order valence-corrected chi connectivity index (χ1v) is 22.7. The molecule has 0 saturated carbocycles. The monoisotopic (exact) mass is 889 g/mol. The fourth-order valence-electron chi connectivity index (χ4n) is 6.17. The zero-order chi connectivity index (χ0) is 47.0. The van der Waals surface area contributed by atoms with Gasteiger partial charge in [-0.25, -0.2) is 0 Å². The van der Waals surface area contributed by atoms with Crippen molar-refractivity contribution in [3.63, 3.8) is 0 Å². The van der Waals surface area contributed by atoms with Gasteiger partial charge in [0.25, 0.3) is 0 Å². The Labute approximate surface area is 370 Å². The number of rotatable bonds is 36. The van der Waals surface area contributed by atoms with E-state index in [9.17, 15) is 38.4 Å². The summed E-state index contributed by atoms with van der Waals surface area (Å²) in [6.07, 6.45) is 19.4. The fourth-order valence-corrected chi connectivity index (χ4v) is 6.17. The van der Waals surface area contributed by atoms with Gasteiger partial charge in [-0.2, -0.15) is 0 Å². The van der Waals surface area contributed by atoms with E-state index in [1.807, 2.05) is 6.92 Å². The summed E-state index contributed by atoms with van der Waals surface area (Å²) in [6.45, 7) is 11.4. The highest BCUT2D eigenvalue weighted by Gasteiger charge is 2.19. The molecule has 0 N–H and O–H groups in total. The van der Waals surface area contributed by atoms with Crippen molar-refractivity contribution in [3.8, 4) is 0 Å². The summed E-state index contributed by atoms with van der Waals surface area (Å²) in [6, 6.07) is 0. The molecule has 0 aliphatic heterocycles. The molecule has 0 fully saturated rings. The van der Waals surface area contributed by atoms with E-state index in [4.69, 9.17) is 37.9 Å². The van der Waals surface area contributed by atoms with Crippen LogP contribution in [0.2, 0.25) is 0 Å². The Morgan fingerprint density at radius 3 is 1.10 bits per heavy atom. The molecule has 3 unspecified atom stereocenters. The predicted octanol–water partition coefficient (Wildman–Crippen LogP) is 8.53. The highest BCUT2D eigenvalue weighted by atomic mass is 16.6. The van der Waals surface area contributed by atoms with Crippen LogP contribution in [0, 0.1) is 0 Å². The van der Waals surface area contributed by atoms with E-state index in [2.05, 4.69) is 6.92 Å². The zero-order valence-corrected chi connectivity index (χ0v) is 39.2. The lowest BCUT2D eigenvalue weighted by Crippen LogP contribution is -2.30. The lowest BCUT2D eigenvalue weighted by molar-refractivity contribution is -0.165. The molecule has 0 bridgehead atoms. The molecule has 0 aliphatic rings. The zero-order valence-electron chi connectivity index (χ0n) is 39.2. The normalized spacial score (nSPS) is 12.1. The van der Waals surface area contributed by atoms with Crippen molar-refractivity contribution in [2.24, 2.45) is 0 Å². The average molecular weight is 889 g/mol. The third-order valence-corrected chi connectivity index (χ3v) is 9.21. The van der Waals surface area contributed by atoms with Crippen molar-refractivity contribution in [1.29, 1.82) is 0 Å². The highest BCUT2D eigenvalue weighted by molar-refractivity contribution is 5.70. The molecule has 0 aliphatic carbocycles. The van der Waals surface area contributed by atoms with Crippen LogP contribution in [0.5, 0.6) is 0 Å². The van der Waals surface area contributed by atoms with Gasteiger partial charge in [-0.15, -0.1) is 0 Å². The number of carbonyl (C=O) groups excluding carboxylic acids is 8. The van der Waals surface area contributed by atoms with E-state index >= 15 is 0 Å². The molecule has 0 radical (unpaired) electrons. The Kier molecular flexibility index (Phi) is 39.4. The van der Waals surface area contributed by atoms with Crippen LogP contribution >= 0.6 is 0 Å². The van der Waals surface area contributed by atoms with Crippen LogP contribution in [0.1, 0.15) is 197 Å². The third kappa shape index (κ3) is 45.3. The van der Waals surface area contributed by atoms with E-state index in [1.54, 1.807) is 0 Å². The van der Waals surface area contributed by atoms with E-state index in [-0.39, 0.29) is 69.4 Å². The van der Waals surface area contributed by atoms with Gasteiger partial charge in [-0.05, 0) is 58.3 Å². The second kappa shape index (κ2) is 40.8. The predicted molar refractivity (Wildman–Crippen MR) is 230 cm³/mol. The molecule has 360 valence electrons. The van der Waals surface area contributed by atoms with Crippen molar-refractivity contribution in [2.45, 2.75) is 221 Å². The first-order valence-electron chi connectivity index (χ1n) is 22.7. The van der Waals surface area contributed by atoms with Crippen LogP contribution in [0.15, 0.2) is 0 Å². The molecule has 16 heteroatoms. The molecule has 0 amide bonds. The maximum absolute atomic E-state index is 11.9. The Balaban J connectivity index is 0. The summed E-state index contributed by atoms with van der Waals surface area (Å²) in [5.41, 5.74) is 0. The highest BCUT2D eigenvalue weighted by Crippen LogP contribution is 2.18. The minimum absolute atomic E-state index is 0.00951. The Bertz CT molecular complexity index is 1230. The van der Waals surface area contributed by atoms with Gasteiger partial charge in [-0.3, -0.25) is 38.4 Å². The summed E-state index contributed by atoms with van der Waals surface area (Å²) >= 11 is 0. The topological polar surface area (TPSA) is 210 Å². The summed E-state index contributed by atoms with van der Waals surface area (Å²) in [7, 11) is 0. The third-order valence-electron chi connectivity index (χ3n) is 9.21. The van der Waals surface area contributed by atoms with Gasteiger partial charge >= 0.3 is 47.8 Å². The molecule has 0 heterocycles. The lowest BCUT2D eigenvalue weighted by atomic mass is 10.0. The lowest BCUT2D eigenvalue weighted by Gasteiger charge is -2.17. The van der Waals surface area contributed by atoms with Crippen molar-refractivity contribution in [1.82, 2.24) is 0 Å². The van der Waals surface area contributed by atoms with E-state index < -0.39 is 42.1 Å². The minimum atomic E-state index is -0.799. The van der Waals surface area contributed by atoms with Gasteiger partial charge in [-0.1, -0.05) is 84.0 Å². The van der Waals surface area contributed by atoms with Crippen LogP contribution in [-0.4, -0.2) is 98.6 Å². The van der Waals surface area contributed by atoms with Gasteiger partial charge in [0.1, 0.15) is 32.5 Å². The summed E-state index contributed by atoms with van der Waals surface area (Å²) in [5, 5.41) is 0. The maximum Gasteiger partial charge on any atom is 0.306 e. The van der Waals surface area contributed by atoms with E-state index in [0.717, 1.165) is 77.0 Å². The summed E-state index contributed by atoms with van der Waals surface area (Å²) in [5.74, 6) is -3.27. The Morgan fingerprint density at radius 2 is 0.677 bits per heavy atom. The average Bonchev–Trinajstić information content (AvgIpc) is 3.18. The largest absolute Gasteiger partial charge is 0.463 e. The summed E-state index contributed by atoms with van der Waals surface area (Å²) < 4.78 is 40.3. The number of esters is 8. The Morgan fingerprint density at radius 1 is 0.339 bits per heavy atom. The van der Waals surface area contributed by atoms with Gasteiger partial charge in [0.2, 0.25) is 0 Å². The number of hydrogen-bond donors (Lipinski definition) is 0. The van der Waals surface area contributed by atoms with Gasteiger partial charge in [0.05, 0.1) is 6.10 Å². The van der Waals surface area contributed by atoms with Crippen LogP contribution in [0.3, 0.4) is 0 Å². The second-order valence-corrected chi connectivity index (χ2v) is 15.6. The fraction of sp³-hybridized carbons (Fsp3) is 0.826. The molecule has 16 nitrogen and oxygen atoms in total. The number of hydrogen-bond acceptors (Lipinski definition) is 16. The minimum Gasteiger partial charge on any atom is -0.463 e. The smallest absolute Gasteiger partial charge is 0.306 e. The van der Waals surface area contributed by atoms with Crippen molar-refractivity contribution in [3.05, 3.63) is 0 Å². The molecule has 0 saturated heterocycles. The second-order valence-electron chi connectivity index (χ2n) is 15.6. The molecule has 62 heavy (non-hydrogen) atoms. The molecule has 0 aromatic rings. The quantitative estimate of drug-likeness (QED) is 0.0328.